The number of hydrogen-bond acceptors (Lipinski definition) is 5. The van der Waals surface area contributed by atoms with Crippen LogP contribution >= 0.6 is 0 Å². The first-order valence-corrected chi connectivity index (χ1v) is 6.85. The van der Waals surface area contributed by atoms with Gasteiger partial charge in [0.15, 0.2) is 0 Å². The summed E-state index contributed by atoms with van der Waals surface area (Å²) in [4.78, 5) is 0. The zero-order chi connectivity index (χ0) is 13.7. The van der Waals surface area contributed by atoms with Crippen LogP contribution < -0.4 is 10.1 Å². The highest BCUT2D eigenvalue weighted by Gasteiger charge is 2.16. The Balaban J connectivity index is 1.77. The summed E-state index contributed by atoms with van der Waals surface area (Å²) in [6.07, 6.45) is 2.40. The van der Waals surface area contributed by atoms with E-state index in [1.54, 1.807) is 0 Å². The van der Waals surface area contributed by atoms with Gasteiger partial charge < -0.3 is 14.8 Å². The second-order valence-electron chi connectivity index (χ2n) is 5.91. The second-order valence-corrected chi connectivity index (χ2v) is 5.91. The van der Waals surface area contributed by atoms with Crippen molar-refractivity contribution in [3.8, 4) is 5.88 Å². The first-order valence-electron chi connectivity index (χ1n) is 6.85. The highest BCUT2D eigenvalue weighted by atomic mass is 16.5. The van der Waals surface area contributed by atoms with Crippen molar-refractivity contribution < 1.29 is 9.47 Å². The Morgan fingerprint density at radius 3 is 2.79 bits per heavy atom. The van der Waals surface area contributed by atoms with Crippen LogP contribution in [0.1, 0.15) is 39.3 Å². The molecule has 19 heavy (non-hydrogen) atoms. The minimum atomic E-state index is 0.0800. The van der Waals surface area contributed by atoms with Gasteiger partial charge in [-0.15, -0.1) is 5.10 Å². The van der Waals surface area contributed by atoms with E-state index in [2.05, 4.69) is 36.3 Å². The minimum absolute atomic E-state index is 0.0800. The summed E-state index contributed by atoms with van der Waals surface area (Å²) < 4.78 is 11.1. The largest absolute Gasteiger partial charge is 0.474 e. The quantitative estimate of drug-likeness (QED) is 0.881. The predicted octanol–water partition coefficient (Wildman–Crippen LogP) is 1.92. The number of nitrogens with one attached hydrogen (secondary N) is 1. The van der Waals surface area contributed by atoms with Gasteiger partial charge >= 0.3 is 0 Å². The Morgan fingerprint density at radius 1 is 1.37 bits per heavy atom. The monoisotopic (exact) mass is 265 g/mol. The zero-order valence-corrected chi connectivity index (χ0v) is 12.0. The van der Waals surface area contributed by atoms with Gasteiger partial charge in [0.05, 0.1) is 11.8 Å². The molecule has 0 amide bonds. The summed E-state index contributed by atoms with van der Waals surface area (Å²) in [6.45, 7) is 8.49. The number of aromatic nitrogens is 2. The van der Waals surface area contributed by atoms with Crippen LogP contribution in [0, 0.1) is 0 Å². The van der Waals surface area contributed by atoms with Crippen molar-refractivity contribution in [2.24, 2.45) is 0 Å². The molecular formula is C14H23N3O2. The molecule has 106 valence electrons. The molecule has 0 aromatic carbocycles. The Morgan fingerprint density at radius 2 is 2.21 bits per heavy atom. The molecule has 0 aliphatic carbocycles. The zero-order valence-electron chi connectivity index (χ0n) is 12.0. The maximum atomic E-state index is 5.57. The van der Waals surface area contributed by atoms with E-state index in [0.29, 0.717) is 19.0 Å². The van der Waals surface area contributed by atoms with Gasteiger partial charge in [-0.05, 0) is 39.7 Å². The van der Waals surface area contributed by atoms with Crippen LogP contribution in [0.4, 0.5) is 0 Å². The molecule has 0 bridgehead atoms. The van der Waals surface area contributed by atoms with Crippen molar-refractivity contribution in [2.75, 3.05) is 13.2 Å². The first-order chi connectivity index (χ1) is 9.03. The molecule has 0 radical (unpaired) electrons. The molecule has 0 saturated carbocycles. The van der Waals surface area contributed by atoms with Gasteiger partial charge in [0.25, 0.3) is 0 Å². The lowest BCUT2D eigenvalue weighted by molar-refractivity contribution is 0.0659. The fourth-order valence-electron chi connectivity index (χ4n) is 1.83. The van der Waals surface area contributed by atoms with Crippen LogP contribution in [0.5, 0.6) is 5.88 Å². The molecule has 1 saturated heterocycles. The van der Waals surface area contributed by atoms with Gasteiger partial charge in [0, 0.05) is 24.8 Å². The van der Waals surface area contributed by atoms with Crippen molar-refractivity contribution in [1.29, 1.82) is 0 Å². The standard InChI is InChI=1S/C14H23N3O2/c1-14(2,3)15-9-11-6-7-13(17-16-11)19-10-12-5-4-8-18-12/h6-7,12,15H,4-5,8-10H2,1-3H3. The highest BCUT2D eigenvalue weighted by Crippen LogP contribution is 2.14. The van der Waals surface area contributed by atoms with Crippen LogP contribution in [0.2, 0.25) is 0 Å². The fourth-order valence-corrected chi connectivity index (χ4v) is 1.83. The van der Waals surface area contributed by atoms with Crippen LogP contribution in [0.3, 0.4) is 0 Å². The average molecular weight is 265 g/mol. The lowest BCUT2D eigenvalue weighted by Gasteiger charge is -2.19. The minimum Gasteiger partial charge on any atom is -0.474 e. The van der Waals surface area contributed by atoms with Crippen molar-refractivity contribution in [2.45, 2.75) is 51.8 Å². The fraction of sp³-hybridized carbons (Fsp3) is 0.714. The average Bonchev–Trinajstić information content (AvgIpc) is 2.87. The molecule has 0 spiro atoms. The van der Waals surface area contributed by atoms with Gasteiger partial charge in [-0.3, -0.25) is 0 Å². The molecule has 1 aromatic rings. The number of ether oxygens (including phenoxy) is 2. The number of nitrogens with zero attached hydrogens (tertiary/aromatic N) is 2. The molecule has 1 aromatic heterocycles. The second kappa shape index (κ2) is 6.30. The first kappa shape index (κ1) is 14.2. The molecule has 1 N–H and O–H groups in total. The predicted molar refractivity (Wildman–Crippen MR) is 73.1 cm³/mol. The summed E-state index contributed by atoms with van der Waals surface area (Å²) in [5.41, 5.74) is 0.996. The molecule has 5 heteroatoms. The Bertz CT molecular complexity index is 381. The molecule has 5 nitrogen and oxygen atoms in total. The van der Waals surface area contributed by atoms with Gasteiger partial charge in [-0.25, -0.2) is 0 Å². The molecule has 2 heterocycles. The number of rotatable bonds is 5. The molecular weight excluding hydrogens is 242 g/mol. The summed E-state index contributed by atoms with van der Waals surface area (Å²) in [7, 11) is 0. The maximum Gasteiger partial charge on any atom is 0.233 e. The van der Waals surface area contributed by atoms with E-state index in [9.17, 15) is 0 Å². The molecule has 1 aliphatic heterocycles. The van der Waals surface area contributed by atoms with Gasteiger partial charge in [0.1, 0.15) is 6.61 Å². The van der Waals surface area contributed by atoms with Gasteiger partial charge in [-0.1, -0.05) is 0 Å². The van der Waals surface area contributed by atoms with Crippen molar-refractivity contribution in [3.63, 3.8) is 0 Å². The maximum absolute atomic E-state index is 5.57. The van der Waals surface area contributed by atoms with Crippen molar-refractivity contribution >= 4 is 0 Å². The third-order valence-electron chi connectivity index (χ3n) is 2.94. The summed E-state index contributed by atoms with van der Waals surface area (Å²) >= 11 is 0. The molecule has 1 unspecified atom stereocenters. The lowest BCUT2D eigenvalue weighted by atomic mass is 10.1. The van der Waals surface area contributed by atoms with Crippen LogP contribution in [0.15, 0.2) is 12.1 Å². The van der Waals surface area contributed by atoms with Gasteiger partial charge in [0.2, 0.25) is 5.88 Å². The molecule has 1 fully saturated rings. The smallest absolute Gasteiger partial charge is 0.233 e. The third kappa shape index (κ3) is 5.12. The summed E-state index contributed by atoms with van der Waals surface area (Å²) in [5.74, 6) is 0.565. The topological polar surface area (TPSA) is 56.3 Å². The van der Waals surface area contributed by atoms with Crippen LogP contribution in [0.25, 0.3) is 0 Å². The van der Waals surface area contributed by atoms with E-state index in [1.165, 1.54) is 0 Å². The molecule has 2 rings (SSSR count). The van der Waals surface area contributed by atoms with Crippen molar-refractivity contribution in [3.05, 3.63) is 17.8 Å². The lowest BCUT2D eigenvalue weighted by Crippen LogP contribution is -2.35. The highest BCUT2D eigenvalue weighted by molar-refractivity contribution is 5.11. The van der Waals surface area contributed by atoms with E-state index in [1.807, 2.05) is 12.1 Å². The molecule has 1 atom stereocenters. The SMILES string of the molecule is CC(C)(C)NCc1ccc(OCC2CCCO2)nn1. The van der Waals surface area contributed by atoms with E-state index in [0.717, 1.165) is 25.1 Å². The van der Waals surface area contributed by atoms with Gasteiger partial charge in [-0.2, -0.15) is 5.10 Å². The Hall–Kier alpha value is -1.20. The van der Waals surface area contributed by atoms with E-state index in [4.69, 9.17) is 9.47 Å². The Kier molecular flexibility index (Phi) is 4.71. The number of hydrogen-bond donors (Lipinski definition) is 1. The Labute approximate surface area is 114 Å². The summed E-state index contributed by atoms with van der Waals surface area (Å²) in [5, 5.41) is 11.6. The summed E-state index contributed by atoms with van der Waals surface area (Å²) in [6, 6.07) is 3.80. The van der Waals surface area contributed by atoms with Crippen LogP contribution in [-0.2, 0) is 11.3 Å². The third-order valence-corrected chi connectivity index (χ3v) is 2.94. The molecule has 1 aliphatic rings. The normalized spacial score (nSPS) is 19.6. The van der Waals surface area contributed by atoms with E-state index in [-0.39, 0.29) is 11.6 Å². The van der Waals surface area contributed by atoms with Crippen LogP contribution in [-0.4, -0.2) is 35.1 Å². The van der Waals surface area contributed by atoms with Crippen molar-refractivity contribution in [1.82, 2.24) is 15.5 Å². The van der Waals surface area contributed by atoms with E-state index >= 15 is 0 Å². The van der Waals surface area contributed by atoms with E-state index < -0.39 is 0 Å².